The van der Waals surface area contributed by atoms with Crippen molar-refractivity contribution >= 4 is 40.8 Å². The van der Waals surface area contributed by atoms with Crippen LogP contribution in [0.4, 0.5) is 0 Å². The highest BCUT2D eigenvalue weighted by Gasteiger charge is 2.20. The Hall–Kier alpha value is -2.07. The minimum atomic E-state index is 0. The Morgan fingerprint density at radius 1 is 1.21 bits per heavy atom. The van der Waals surface area contributed by atoms with Gasteiger partial charge in [-0.3, -0.25) is 9.89 Å². The van der Waals surface area contributed by atoms with Gasteiger partial charge in [0, 0.05) is 69.5 Å². The average molecular weight is 508 g/mol. The van der Waals surface area contributed by atoms with Crippen molar-refractivity contribution in [1.82, 2.24) is 25.3 Å². The summed E-state index contributed by atoms with van der Waals surface area (Å²) >= 11 is 0. The Morgan fingerprint density at radius 2 is 2.03 bits per heavy atom. The van der Waals surface area contributed by atoms with Crippen LogP contribution in [0.5, 0.6) is 0 Å². The van der Waals surface area contributed by atoms with Crippen LogP contribution in [0.3, 0.4) is 0 Å². The summed E-state index contributed by atoms with van der Waals surface area (Å²) < 4.78 is 4.92. The number of nitrogens with one attached hydrogen (secondary N) is 2. The van der Waals surface area contributed by atoms with Crippen LogP contribution < -0.4 is 5.32 Å². The maximum atomic E-state index is 4.92. The number of aryl methyl sites for hydroxylation is 1. The van der Waals surface area contributed by atoms with E-state index in [0.29, 0.717) is 0 Å². The zero-order valence-corrected chi connectivity index (χ0v) is 19.1. The van der Waals surface area contributed by atoms with Crippen LogP contribution in [-0.4, -0.2) is 65.7 Å². The maximum absolute atomic E-state index is 4.92. The third-order valence-electron chi connectivity index (χ3n) is 5.34. The molecule has 1 saturated heterocycles. The molecule has 3 aromatic rings. The molecule has 0 spiro atoms. The van der Waals surface area contributed by atoms with Crippen LogP contribution in [0.25, 0.3) is 10.9 Å². The van der Waals surface area contributed by atoms with Gasteiger partial charge in [-0.25, -0.2) is 0 Å². The van der Waals surface area contributed by atoms with E-state index in [1.54, 1.807) is 6.26 Å². The van der Waals surface area contributed by atoms with Crippen molar-refractivity contribution in [3.63, 3.8) is 0 Å². The van der Waals surface area contributed by atoms with Crippen LogP contribution in [0, 0.1) is 0 Å². The highest BCUT2D eigenvalue weighted by Crippen LogP contribution is 2.18. The van der Waals surface area contributed by atoms with Gasteiger partial charge in [0.05, 0.1) is 5.69 Å². The summed E-state index contributed by atoms with van der Waals surface area (Å²) in [6.45, 7) is 5.72. The second-order valence-corrected chi connectivity index (χ2v) is 7.19. The number of rotatable bonds is 6. The van der Waals surface area contributed by atoms with E-state index >= 15 is 0 Å². The third-order valence-corrected chi connectivity index (χ3v) is 5.34. The average Bonchev–Trinajstić information content (AvgIpc) is 3.39. The molecule has 1 aliphatic rings. The topological polar surface area (TPSA) is 72.7 Å². The largest absolute Gasteiger partial charge is 0.364 e. The summed E-state index contributed by atoms with van der Waals surface area (Å²) in [7, 11) is 1.86. The van der Waals surface area contributed by atoms with E-state index in [2.05, 4.69) is 60.7 Å². The summed E-state index contributed by atoms with van der Waals surface area (Å²) in [6.07, 6.45) is 5.90. The molecule has 1 aliphatic heterocycles. The molecule has 7 nitrogen and oxygen atoms in total. The van der Waals surface area contributed by atoms with Crippen LogP contribution >= 0.6 is 24.0 Å². The van der Waals surface area contributed by atoms with E-state index in [1.807, 2.05) is 13.1 Å². The Bertz CT molecular complexity index is 899. The number of para-hydroxylation sites is 1. The summed E-state index contributed by atoms with van der Waals surface area (Å²) in [5.74, 6) is 1.00. The molecule has 0 unspecified atom stereocenters. The van der Waals surface area contributed by atoms with Gasteiger partial charge in [0.2, 0.25) is 0 Å². The SMILES string of the molecule is CN=C(NCCCc1c[nH]c2ccccc12)N1CCN(Cc2ccon2)CC1.I. The molecule has 4 rings (SSSR count). The highest BCUT2D eigenvalue weighted by molar-refractivity contribution is 14.0. The van der Waals surface area contributed by atoms with Gasteiger partial charge in [-0.05, 0) is 24.5 Å². The van der Waals surface area contributed by atoms with Gasteiger partial charge in [-0.2, -0.15) is 0 Å². The standard InChI is InChI=1S/C21H28N6O.HI/c1-22-21(27-12-10-26(11-13-27)16-18-8-14-28-25-18)23-9-4-5-17-15-24-20-7-3-2-6-19(17)20;/h2-3,6-8,14-15,24H,4-5,9-13,16H2,1H3,(H,22,23);1H. The molecular formula is C21H29IN6O. The minimum absolute atomic E-state index is 0. The molecular weight excluding hydrogens is 479 g/mol. The molecule has 0 aliphatic carbocycles. The lowest BCUT2D eigenvalue weighted by Gasteiger charge is -2.36. The second-order valence-electron chi connectivity index (χ2n) is 7.19. The molecule has 0 amide bonds. The lowest BCUT2D eigenvalue weighted by molar-refractivity contribution is 0.169. The summed E-state index contributed by atoms with van der Waals surface area (Å²) in [5, 5.41) is 8.86. The number of hydrogen-bond donors (Lipinski definition) is 2. The Morgan fingerprint density at radius 3 is 2.79 bits per heavy atom. The first kappa shape index (κ1) is 21.6. The molecule has 0 saturated carbocycles. The molecule has 29 heavy (non-hydrogen) atoms. The van der Waals surface area contributed by atoms with Crippen molar-refractivity contribution in [2.24, 2.45) is 4.99 Å². The predicted octanol–water partition coefficient (Wildman–Crippen LogP) is 3.10. The highest BCUT2D eigenvalue weighted by atomic mass is 127. The number of nitrogens with zero attached hydrogens (tertiary/aromatic N) is 4. The number of aromatic amines is 1. The van der Waals surface area contributed by atoms with Gasteiger partial charge in [0.15, 0.2) is 5.96 Å². The Kier molecular flexibility index (Phi) is 7.93. The molecule has 1 fully saturated rings. The quantitative estimate of drug-likeness (QED) is 0.232. The normalized spacial score (nSPS) is 15.5. The number of halogens is 1. The first-order valence-electron chi connectivity index (χ1n) is 9.95. The smallest absolute Gasteiger partial charge is 0.193 e. The molecule has 1 aromatic carbocycles. The van der Waals surface area contributed by atoms with Gasteiger partial charge >= 0.3 is 0 Å². The van der Waals surface area contributed by atoms with E-state index in [-0.39, 0.29) is 24.0 Å². The first-order valence-corrected chi connectivity index (χ1v) is 9.95. The zero-order chi connectivity index (χ0) is 19.2. The number of piperazine rings is 1. The monoisotopic (exact) mass is 508 g/mol. The molecule has 0 radical (unpaired) electrons. The maximum Gasteiger partial charge on any atom is 0.193 e. The van der Waals surface area contributed by atoms with Crippen molar-refractivity contribution in [1.29, 1.82) is 0 Å². The van der Waals surface area contributed by atoms with Crippen LogP contribution in [0.2, 0.25) is 0 Å². The molecule has 2 aromatic heterocycles. The number of H-pyrrole nitrogens is 1. The number of hydrogen-bond acceptors (Lipinski definition) is 4. The van der Waals surface area contributed by atoms with Crippen LogP contribution in [0.15, 0.2) is 52.3 Å². The van der Waals surface area contributed by atoms with E-state index in [4.69, 9.17) is 4.52 Å². The lowest BCUT2D eigenvalue weighted by atomic mass is 10.1. The molecule has 156 valence electrons. The molecule has 0 bridgehead atoms. The molecule has 2 N–H and O–H groups in total. The van der Waals surface area contributed by atoms with Crippen molar-refractivity contribution in [2.45, 2.75) is 19.4 Å². The fourth-order valence-corrected chi connectivity index (χ4v) is 3.82. The fourth-order valence-electron chi connectivity index (χ4n) is 3.82. The number of guanidine groups is 1. The van der Waals surface area contributed by atoms with Crippen molar-refractivity contribution in [2.75, 3.05) is 39.8 Å². The number of aliphatic imine (C=N–C) groups is 1. The van der Waals surface area contributed by atoms with Crippen molar-refractivity contribution in [3.05, 3.63) is 54.0 Å². The summed E-state index contributed by atoms with van der Waals surface area (Å²) in [4.78, 5) is 12.6. The summed E-state index contributed by atoms with van der Waals surface area (Å²) in [5.41, 5.74) is 3.59. The summed E-state index contributed by atoms with van der Waals surface area (Å²) in [6, 6.07) is 10.4. The van der Waals surface area contributed by atoms with E-state index in [9.17, 15) is 0 Å². The fraction of sp³-hybridized carbons (Fsp3) is 0.429. The van der Waals surface area contributed by atoms with Crippen molar-refractivity contribution < 1.29 is 4.52 Å². The van der Waals surface area contributed by atoms with Gasteiger partial charge in [0.25, 0.3) is 0 Å². The Balaban J connectivity index is 0.00000240. The second kappa shape index (κ2) is 10.6. The van der Waals surface area contributed by atoms with E-state index < -0.39 is 0 Å². The van der Waals surface area contributed by atoms with Gasteiger partial charge in [0.1, 0.15) is 6.26 Å². The van der Waals surface area contributed by atoms with Crippen LogP contribution in [-0.2, 0) is 13.0 Å². The van der Waals surface area contributed by atoms with Gasteiger partial charge < -0.3 is 19.7 Å². The molecule has 0 atom stereocenters. The minimum Gasteiger partial charge on any atom is -0.364 e. The van der Waals surface area contributed by atoms with Crippen LogP contribution in [0.1, 0.15) is 17.7 Å². The third kappa shape index (κ3) is 5.51. The van der Waals surface area contributed by atoms with Gasteiger partial charge in [-0.15, -0.1) is 24.0 Å². The lowest BCUT2D eigenvalue weighted by Crippen LogP contribution is -2.52. The number of benzene rings is 1. The Labute approximate surface area is 188 Å². The van der Waals surface area contributed by atoms with E-state index in [0.717, 1.165) is 63.8 Å². The van der Waals surface area contributed by atoms with E-state index in [1.165, 1.54) is 16.5 Å². The zero-order valence-electron chi connectivity index (χ0n) is 16.8. The van der Waals surface area contributed by atoms with Crippen molar-refractivity contribution in [3.8, 4) is 0 Å². The number of fused-ring (bicyclic) bond motifs is 1. The molecule has 8 heteroatoms. The molecule has 3 heterocycles. The first-order chi connectivity index (χ1) is 13.8. The number of aromatic nitrogens is 2. The predicted molar refractivity (Wildman–Crippen MR) is 127 cm³/mol. The van der Waals surface area contributed by atoms with Gasteiger partial charge in [-0.1, -0.05) is 23.4 Å².